The van der Waals surface area contributed by atoms with Crippen molar-refractivity contribution in [2.75, 3.05) is 13.1 Å². The highest BCUT2D eigenvalue weighted by molar-refractivity contribution is 5.69. The Morgan fingerprint density at radius 3 is 2.62 bits per heavy atom. The maximum Gasteiger partial charge on any atom is 0.410 e. The summed E-state index contributed by atoms with van der Waals surface area (Å²) in [6.07, 6.45) is 0.894. The summed E-state index contributed by atoms with van der Waals surface area (Å²) in [5, 5.41) is 0. The Labute approximate surface area is 126 Å². The van der Waals surface area contributed by atoms with Crippen LogP contribution >= 0.6 is 0 Å². The predicted octanol–water partition coefficient (Wildman–Crippen LogP) is 2.88. The molecule has 0 bridgehead atoms. The van der Waals surface area contributed by atoms with Gasteiger partial charge in [-0.2, -0.15) is 0 Å². The van der Waals surface area contributed by atoms with Gasteiger partial charge in [0.05, 0.1) is 6.04 Å². The first kappa shape index (κ1) is 14.4. The van der Waals surface area contributed by atoms with Crippen LogP contribution in [0.15, 0.2) is 30.3 Å². The second kappa shape index (κ2) is 5.34. The number of hydrogen-bond acceptors (Lipinski definition) is 3. The van der Waals surface area contributed by atoms with Crippen molar-refractivity contribution in [3.63, 3.8) is 0 Å². The molecule has 1 amide bonds. The third kappa shape index (κ3) is 3.05. The summed E-state index contributed by atoms with van der Waals surface area (Å²) < 4.78 is 5.50. The van der Waals surface area contributed by atoms with E-state index in [-0.39, 0.29) is 6.09 Å². The summed E-state index contributed by atoms with van der Waals surface area (Å²) in [4.78, 5) is 16.6. The van der Waals surface area contributed by atoms with Gasteiger partial charge in [-0.15, -0.1) is 0 Å². The number of hydrogen-bond donors (Lipinski definition) is 0. The molecule has 2 heterocycles. The van der Waals surface area contributed by atoms with Crippen molar-refractivity contribution in [3.05, 3.63) is 35.9 Å². The number of carbonyl (C=O) groups excluding carboxylic acids is 1. The number of benzene rings is 1. The van der Waals surface area contributed by atoms with Gasteiger partial charge < -0.3 is 9.64 Å². The molecular formula is C17H24N2O2. The minimum absolute atomic E-state index is 0.158. The average molecular weight is 288 g/mol. The van der Waals surface area contributed by atoms with E-state index in [2.05, 4.69) is 29.2 Å². The van der Waals surface area contributed by atoms with E-state index in [1.807, 2.05) is 31.7 Å². The van der Waals surface area contributed by atoms with Gasteiger partial charge in [-0.25, -0.2) is 4.79 Å². The molecule has 114 valence electrons. The van der Waals surface area contributed by atoms with Crippen LogP contribution in [0.1, 0.15) is 32.8 Å². The molecule has 2 atom stereocenters. The van der Waals surface area contributed by atoms with Gasteiger partial charge in [-0.05, 0) is 32.8 Å². The lowest BCUT2D eigenvalue weighted by atomic mass is 9.96. The fourth-order valence-electron chi connectivity index (χ4n) is 3.27. The molecule has 0 radical (unpaired) electrons. The topological polar surface area (TPSA) is 32.8 Å². The summed E-state index contributed by atoms with van der Waals surface area (Å²) in [5.74, 6) is 0. The van der Waals surface area contributed by atoms with E-state index in [1.54, 1.807) is 0 Å². The van der Waals surface area contributed by atoms with Crippen LogP contribution in [0.2, 0.25) is 0 Å². The molecule has 4 nitrogen and oxygen atoms in total. The minimum Gasteiger partial charge on any atom is -0.444 e. The second-order valence-corrected chi connectivity index (χ2v) is 7.01. The quantitative estimate of drug-likeness (QED) is 0.839. The Morgan fingerprint density at radius 2 is 1.95 bits per heavy atom. The van der Waals surface area contributed by atoms with E-state index in [0.717, 1.165) is 26.1 Å². The molecule has 2 unspecified atom stereocenters. The van der Waals surface area contributed by atoms with Crippen molar-refractivity contribution in [2.24, 2.45) is 0 Å². The standard InChI is InChI=1S/C17H24N2O2/c1-17(2,3)21-16(20)19-10-9-14-15(19)12-18(14)11-13-7-5-4-6-8-13/h4-8,14-15H,9-12H2,1-3H3. The molecular weight excluding hydrogens is 264 g/mol. The second-order valence-electron chi connectivity index (χ2n) is 7.01. The highest BCUT2D eigenvalue weighted by Crippen LogP contribution is 2.34. The first-order valence-electron chi connectivity index (χ1n) is 7.72. The van der Waals surface area contributed by atoms with E-state index in [0.29, 0.717) is 12.1 Å². The number of amides is 1. The zero-order valence-corrected chi connectivity index (χ0v) is 13.1. The average Bonchev–Trinajstić information content (AvgIpc) is 2.73. The zero-order chi connectivity index (χ0) is 15.0. The van der Waals surface area contributed by atoms with Crippen molar-refractivity contribution in [2.45, 2.75) is 51.4 Å². The maximum atomic E-state index is 12.2. The largest absolute Gasteiger partial charge is 0.444 e. The fraction of sp³-hybridized carbons (Fsp3) is 0.588. The number of ether oxygens (including phenoxy) is 1. The van der Waals surface area contributed by atoms with E-state index in [1.165, 1.54) is 5.56 Å². The first-order chi connectivity index (χ1) is 9.94. The van der Waals surface area contributed by atoms with Crippen molar-refractivity contribution < 1.29 is 9.53 Å². The van der Waals surface area contributed by atoms with Gasteiger partial charge in [0.15, 0.2) is 0 Å². The monoisotopic (exact) mass is 288 g/mol. The van der Waals surface area contributed by atoms with Gasteiger partial charge in [-0.1, -0.05) is 30.3 Å². The molecule has 2 aliphatic rings. The van der Waals surface area contributed by atoms with Gasteiger partial charge >= 0.3 is 6.09 Å². The lowest BCUT2D eigenvalue weighted by Crippen LogP contribution is -2.62. The van der Waals surface area contributed by atoms with Gasteiger partial charge in [0.1, 0.15) is 5.60 Å². The Hall–Kier alpha value is -1.55. The van der Waals surface area contributed by atoms with E-state index < -0.39 is 5.60 Å². The number of likely N-dealkylation sites (tertiary alicyclic amines) is 2. The molecule has 1 aromatic carbocycles. The van der Waals surface area contributed by atoms with Gasteiger partial charge in [-0.3, -0.25) is 4.90 Å². The SMILES string of the molecule is CC(C)(C)OC(=O)N1CCC2C1CN2Cc1ccccc1. The summed E-state index contributed by atoms with van der Waals surface area (Å²) in [6.45, 7) is 8.50. The van der Waals surface area contributed by atoms with Gasteiger partial charge in [0.2, 0.25) is 0 Å². The minimum atomic E-state index is -0.414. The lowest BCUT2D eigenvalue weighted by molar-refractivity contribution is -0.0134. The van der Waals surface area contributed by atoms with Crippen LogP contribution in [0.3, 0.4) is 0 Å². The Morgan fingerprint density at radius 1 is 1.24 bits per heavy atom. The predicted molar refractivity (Wildman–Crippen MR) is 82.0 cm³/mol. The molecule has 4 heteroatoms. The van der Waals surface area contributed by atoms with Crippen LogP contribution in [-0.2, 0) is 11.3 Å². The molecule has 2 aliphatic heterocycles. The fourth-order valence-corrected chi connectivity index (χ4v) is 3.27. The molecule has 3 rings (SSSR count). The maximum absolute atomic E-state index is 12.2. The van der Waals surface area contributed by atoms with Crippen molar-refractivity contribution in [1.29, 1.82) is 0 Å². The van der Waals surface area contributed by atoms with Crippen molar-refractivity contribution in [1.82, 2.24) is 9.80 Å². The van der Waals surface area contributed by atoms with Gasteiger partial charge in [0, 0.05) is 25.7 Å². The van der Waals surface area contributed by atoms with Crippen LogP contribution in [0.5, 0.6) is 0 Å². The van der Waals surface area contributed by atoms with E-state index >= 15 is 0 Å². The lowest BCUT2D eigenvalue weighted by Gasteiger charge is -2.46. The van der Waals surface area contributed by atoms with E-state index in [4.69, 9.17) is 4.74 Å². The van der Waals surface area contributed by atoms with Crippen LogP contribution < -0.4 is 0 Å². The molecule has 0 N–H and O–H groups in total. The smallest absolute Gasteiger partial charge is 0.410 e. The molecule has 0 spiro atoms. The summed E-state index contributed by atoms with van der Waals surface area (Å²) in [5.41, 5.74) is 0.925. The first-order valence-corrected chi connectivity index (χ1v) is 7.72. The zero-order valence-electron chi connectivity index (χ0n) is 13.1. The third-order valence-electron chi connectivity index (χ3n) is 4.26. The van der Waals surface area contributed by atoms with E-state index in [9.17, 15) is 4.79 Å². The normalized spacial score (nSPS) is 25.4. The van der Waals surface area contributed by atoms with Crippen molar-refractivity contribution >= 4 is 6.09 Å². The van der Waals surface area contributed by atoms with Crippen LogP contribution in [0, 0.1) is 0 Å². The Kier molecular flexibility index (Phi) is 3.66. The van der Waals surface area contributed by atoms with Gasteiger partial charge in [0.25, 0.3) is 0 Å². The highest BCUT2D eigenvalue weighted by atomic mass is 16.6. The summed E-state index contributed by atoms with van der Waals surface area (Å²) in [7, 11) is 0. The van der Waals surface area contributed by atoms with Crippen molar-refractivity contribution in [3.8, 4) is 0 Å². The van der Waals surface area contributed by atoms with Crippen LogP contribution in [-0.4, -0.2) is 46.7 Å². The Bertz CT molecular complexity index is 509. The number of fused-ring (bicyclic) bond motifs is 1. The molecule has 0 aromatic heterocycles. The molecule has 1 aromatic rings. The number of nitrogens with zero attached hydrogens (tertiary/aromatic N) is 2. The molecule has 21 heavy (non-hydrogen) atoms. The highest BCUT2D eigenvalue weighted by Gasteiger charge is 2.49. The van der Waals surface area contributed by atoms with Crippen LogP contribution in [0.4, 0.5) is 4.79 Å². The van der Waals surface area contributed by atoms with Crippen LogP contribution in [0.25, 0.3) is 0 Å². The number of rotatable bonds is 2. The third-order valence-corrected chi connectivity index (χ3v) is 4.26. The summed E-state index contributed by atoms with van der Waals surface area (Å²) in [6, 6.07) is 11.4. The molecule has 0 aliphatic carbocycles. The molecule has 2 fully saturated rings. The number of carbonyl (C=O) groups is 1. The molecule has 2 saturated heterocycles. The molecule has 0 saturated carbocycles. The summed E-state index contributed by atoms with van der Waals surface area (Å²) >= 11 is 0. The Balaban J connectivity index is 1.56.